The van der Waals surface area contributed by atoms with Crippen molar-refractivity contribution in [2.24, 2.45) is 5.73 Å². The van der Waals surface area contributed by atoms with E-state index in [0.29, 0.717) is 27.0 Å². The average molecular weight is 338 g/mol. The maximum atomic E-state index is 11.9. The smallest absolute Gasteiger partial charge is 0.248 e. The highest BCUT2D eigenvalue weighted by Gasteiger charge is 2.07. The van der Waals surface area contributed by atoms with Gasteiger partial charge in [-0.25, -0.2) is 0 Å². The van der Waals surface area contributed by atoms with Crippen LogP contribution in [0.4, 0.5) is 11.4 Å². The van der Waals surface area contributed by atoms with Crippen LogP contribution >= 0.6 is 23.2 Å². The number of carbonyl (C=O) groups is 2. The van der Waals surface area contributed by atoms with E-state index in [0.717, 1.165) is 0 Å². The molecule has 5 nitrogen and oxygen atoms in total. The third-order valence-corrected chi connectivity index (χ3v) is 3.39. The summed E-state index contributed by atoms with van der Waals surface area (Å²) < 4.78 is 0. The van der Waals surface area contributed by atoms with Crippen molar-refractivity contribution in [3.63, 3.8) is 0 Å². The van der Waals surface area contributed by atoms with Crippen LogP contribution in [0.1, 0.15) is 10.4 Å². The van der Waals surface area contributed by atoms with Gasteiger partial charge in [-0.05, 0) is 42.5 Å². The fourth-order valence-electron chi connectivity index (χ4n) is 1.72. The van der Waals surface area contributed by atoms with Crippen LogP contribution in [0.3, 0.4) is 0 Å². The molecule has 0 atom stereocenters. The summed E-state index contributed by atoms with van der Waals surface area (Å²) >= 11 is 11.8. The first-order chi connectivity index (χ1) is 10.5. The molecule has 0 bridgehead atoms. The molecule has 0 saturated heterocycles. The first kappa shape index (κ1) is 16.1. The third kappa shape index (κ3) is 4.38. The number of primary amides is 1. The summed E-state index contributed by atoms with van der Waals surface area (Å²) in [7, 11) is 0. The molecule has 0 spiro atoms. The van der Waals surface area contributed by atoms with Crippen molar-refractivity contribution in [3.8, 4) is 0 Å². The number of carbonyl (C=O) groups excluding carboxylic acids is 2. The van der Waals surface area contributed by atoms with Crippen molar-refractivity contribution in [1.82, 2.24) is 0 Å². The number of anilines is 2. The molecule has 0 aliphatic carbocycles. The van der Waals surface area contributed by atoms with Crippen LogP contribution in [0.25, 0.3) is 0 Å². The molecule has 0 heterocycles. The van der Waals surface area contributed by atoms with Crippen LogP contribution in [0.5, 0.6) is 0 Å². The minimum absolute atomic E-state index is 0.0404. The molecule has 4 N–H and O–H groups in total. The summed E-state index contributed by atoms with van der Waals surface area (Å²) in [5.41, 5.74) is 6.70. The van der Waals surface area contributed by atoms with E-state index in [1.165, 1.54) is 0 Å². The molecule has 2 rings (SSSR count). The zero-order valence-corrected chi connectivity index (χ0v) is 12.9. The molecule has 0 fully saturated rings. The third-order valence-electron chi connectivity index (χ3n) is 2.82. The minimum atomic E-state index is -0.500. The van der Waals surface area contributed by atoms with E-state index in [2.05, 4.69) is 10.6 Å². The van der Waals surface area contributed by atoms with Crippen molar-refractivity contribution in [3.05, 3.63) is 58.1 Å². The lowest BCUT2D eigenvalue weighted by atomic mass is 10.2. The molecule has 0 aromatic heterocycles. The standard InChI is InChI=1S/C15H13Cl2N3O2/c16-10-3-6-12(17)13(7-10)20-14(21)8-19-11-4-1-9(2-5-11)15(18)22/h1-7,19H,8H2,(H2,18,22)(H,20,21). The van der Waals surface area contributed by atoms with Crippen LogP contribution in [0.15, 0.2) is 42.5 Å². The Labute approximate surface area is 137 Å². The second-order valence-corrected chi connectivity index (χ2v) is 5.31. The number of halogens is 2. The number of nitrogens with two attached hydrogens (primary N) is 1. The monoisotopic (exact) mass is 337 g/mol. The topological polar surface area (TPSA) is 84.2 Å². The number of hydrogen-bond acceptors (Lipinski definition) is 3. The van der Waals surface area contributed by atoms with Gasteiger partial charge in [0.15, 0.2) is 0 Å². The molecular weight excluding hydrogens is 325 g/mol. The highest BCUT2D eigenvalue weighted by molar-refractivity contribution is 6.35. The predicted octanol–water partition coefficient (Wildman–Crippen LogP) is 3.14. The molecule has 0 aliphatic rings. The summed E-state index contributed by atoms with van der Waals surface area (Å²) in [6, 6.07) is 11.3. The van der Waals surface area contributed by atoms with Crippen molar-refractivity contribution < 1.29 is 9.59 Å². The van der Waals surface area contributed by atoms with Crippen molar-refractivity contribution in [2.75, 3.05) is 17.2 Å². The van der Waals surface area contributed by atoms with Gasteiger partial charge in [0.2, 0.25) is 11.8 Å². The van der Waals surface area contributed by atoms with E-state index >= 15 is 0 Å². The summed E-state index contributed by atoms with van der Waals surface area (Å²) in [5, 5.41) is 6.47. The Hall–Kier alpha value is -2.24. The van der Waals surface area contributed by atoms with Crippen LogP contribution in [-0.4, -0.2) is 18.4 Å². The van der Waals surface area contributed by atoms with Gasteiger partial charge in [-0.15, -0.1) is 0 Å². The van der Waals surface area contributed by atoms with E-state index in [1.54, 1.807) is 42.5 Å². The fourth-order valence-corrected chi connectivity index (χ4v) is 2.06. The Kier molecular flexibility index (Phi) is 5.25. The zero-order valence-electron chi connectivity index (χ0n) is 11.4. The Morgan fingerprint density at radius 3 is 2.36 bits per heavy atom. The maximum Gasteiger partial charge on any atom is 0.248 e. The van der Waals surface area contributed by atoms with E-state index in [9.17, 15) is 9.59 Å². The van der Waals surface area contributed by atoms with Crippen LogP contribution < -0.4 is 16.4 Å². The lowest BCUT2D eigenvalue weighted by Gasteiger charge is -2.09. The highest BCUT2D eigenvalue weighted by atomic mass is 35.5. The Balaban J connectivity index is 1.92. The lowest BCUT2D eigenvalue weighted by Crippen LogP contribution is -2.22. The molecule has 114 valence electrons. The number of rotatable bonds is 5. The number of nitrogens with one attached hydrogen (secondary N) is 2. The molecule has 2 amide bonds. The molecule has 22 heavy (non-hydrogen) atoms. The van der Waals surface area contributed by atoms with Crippen molar-refractivity contribution in [1.29, 1.82) is 0 Å². The minimum Gasteiger partial charge on any atom is -0.376 e. The quantitative estimate of drug-likeness (QED) is 0.783. The van der Waals surface area contributed by atoms with Gasteiger partial charge in [0.05, 0.1) is 17.3 Å². The molecule has 2 aromatic carbocycles. The summed E-state index contributed by atoms with van der Waals surface area (Å²) in [4.78, 5) is 22.8. The SMILES string of the molecule is NC(=O)c1ccc(NCC(=O)Nc2cc(Cl)ccc2Cl)cc1. The molecule has 2 aromatic rings. The van der Waals surface area contributed by atoms with Crippen LogP contribution in [-0.2, 0) is 4.79 Å². The summed E-state index contributed by atoms with van der Waals surface area (Å²) in [6.45, 7) is 0.0404. The molecule has 0 aliphatic heterocycles. The van der Waals surface area contributed by atoms with E-state index < -0.39 is 5.91 Å². The second-order valence-electron chi connectivity index (χ2n) is 4.47. The number of benzene rings is 2. The van der Waals surface area contributed by atoms with Crippen molar-refractivity contribution >= 4 is 46.4 Å². The van der Waals surface area contributed by atoms with E-state index in [1.807, 2.05) is 0 Å². The largest absolute Gasteiger partial charge is 0.376 e. The summed E-state index contributed by atoms with van der Waals surface area (Å²) in [5.74, 6) is -0.775. The first-order valence-electron chi connectivity index (χ1n) is 6.34. The molecule has 0 unspecified atom stereocenters. The van der Waals surface area contributed by atoms with Crippen LogP contribution in [0, 0.1) is 0 Å². The second kappa shape index (κ2) is 7.15. The van der Waals surface area contributed by atoms with Gasteiger partial charge >= 0.3 is 0 Å². The van der Waals surface area contributed by atoms with Gasteiger partial charge in [-0.3, -0.25) is 9.59 Å². The fraction of sp³-hybridized carbons (Fsp3) is 0.0667. The molecular formula is C15H13Cl2N3O2. The Bertz CT molecular complexity index is 702. The van der Waals surface area contributed by atoms with Gasteiger partial charge < -0.3 is 16.4 Å². The Morgan fingerprint density at radius 1 is 1.05 bits per heavy atom. The number of amides is 2. The molecule has 0 saturated carbocycles. The van der Waals surface area contributed by atoms with Crippen molar-refractivity contribution in [2.45, 2.75) is 0 Å². The van der Waals surface area contributed by atoms with E-state index in [4.69, 9.17) is 28.9 Å². The van der Waals surface area contributed by atoms with Gasteiger partial charge in [0.25, 0.3) is 0 Å². The zero-order chi connectivity index (χ0) is 16.1. The maximum absolute atomic E-state index is 11.9. The number of hydrogen-bond donors (Lipinski definition) is 3. The van der Waals surface area contributed by atoms with Gasteiger partial charge in [-0.1, -0.05) is 23.2 Å². The van der Waals surface area contributed by atoms with Gasteiger partial charge in [0, 0.05) is 16.3 Å². The predicted molar refractivity (Wildman–Crippen MR) is 88.5 cm³/mol. The van der Waals surface area contributed by atoms with Gasteiger partial charge in [-0.2, -0.15) is 0 Å². The lowest BCUT2D eigenvalue weighted by molar-refractivity contribution is -0.114. The average Bonchev–Trinajstić information content (AvgIpc) is 2.49. The molecule has 0 radical (unpaired) electrons. The normalized spacial score (nSPS) is 10.1. The van der Waals surface area contributed by atoms with E-state index in [-0.39, 0.29) is 12.5 Å². The Morgan fingerprint density at radius 2 is 1.73 bits per heavy atom. The van der Waals surface area contributed by atoms with Crippen LogP contribution in [0.2, 0.25) is 10.0 Å². The van der Waals surface area contributed by atoms with Gasteiger partial charge in [0.1, 0.15) is 0 Å². The first-order valence-corrected chi connectivity index (χ1v) is 7.10. The summed E-state index contributed by atoms with van der Waals surface area (Å²) in [6.07, 6.45) is 0. The molecule has 7 heteroatoms. The highest BCUT2D eigenvalue weighted by Crippen LogP contribution is 2.25.